The molecular weight excluding hydrogens is 484 g/mol. The number of aromatic nitrogens is 4. The molecule has 180 valence electrons. The lowest BCUT2D eigenvalue weighted by molar-refractivity contribution is 0.913. The van der Waals surface area contributed by atoms with Crippen LogP contribution in [0.25, 0.3) is 64.9 Å². The summed E-state index contributed by atoms with van der Waals surface area (Å²) in [6.07, 6.45) is 8.33. The van der Waals surface area contributed by atoms with Gasteiger partial charge in [0.25, 0.3) is 0 Å². The van der Waals surface area contributed by atoms with Crippen LogP contribution in [0.15, 0.2) is 109 Å². The summed E-state index contributed by atoms with van der Waals surface area (Å²) in [6, 6.07) is 31.9. The van der Waals surface area contributed by atoms with Gasteiger partial charge in [0.1, 0.15) is 0 Å². The summed E-state index contributed by atoms with van der Waals surface area (Å²) in [7, 11) is 0. The van der Waals surface area contributed by atoms with Crippen molar-refractivity contribution in [2.45, 2.75) is 12.8 Å². The summed E-state index contributed by atoms with van der Waals surface area (Å²) < 4.78 is 4.82. The Kier molecular flexibility index (Phi) is 4.79. The smallest absolute Gasteiger partial charge is 0.238 e. The molecule has 8 rings (SSSR count). The highest BCUT2D eigenvalue weighted by Crippen LogP contribution is 2.43. The molecule has 0 spiro atoms. The topological polar surface area (TPSA) is 43.6 Å². The molecule has 0 unspecified atom stereocenters. The van der Waals surface area contributed by atoms with Gasteiger partial charge in [-0.2, -0.15) is 9.97 Å². The molecule has 5 heteroatoms. The first kappa shape index (κ1) is 21.5. The number of benzene rings is 4. The van der Waals surface area contributed by atoms with E-state index in [-0.39, 0.29) is 0 Å². The number of hydrogen-bond acceptors (Lipinski definition) is 4. The Morgan fingerprint density at radius 1 is 0.658 bits per heavy atom. The molecule has 3 heterocycles. The number of hydrogen-bond donors (Lipinski definition) is 0. The molecule has 7 aromatic rings. The van der Waals surface area contributed by atoms with Gasteiger partial charge in [-0.25, -0.2) is 4.98 Å². The van der Waals surface area contributed by atoms with Crippen molar-refractivity contribution in [3.8, 4) is 17.3 Å². The molecule has 0 N–H and O–H groups in total. The molecular formula is C33H22N4S. The van der Waals surface area contributed by atoms with Gasteiger partial charge in [-0.3, -0.25) is 4.57 Å². The molecule has 0 amide bonds. The maximum atomic E-state index is 5.09. The van der Waals surface area contributed by atoms with Crippen molar-refractivity contribution in [1.82, 2.24) is 19.5 Å². The van der Waals surface area contributed by atoms with Crippen LogP contribution in [0.1, 0.15) is 18.7 Å². The minimum absolute atomic E-state index is 0.649. The fourth-order valence-electron chi connectivity index (χ4n) is 5.56. The third-order valence-electron chi connectivity index (χ3n) is 7.34. The fourth-order valence-corrected chi connectivity index (χ4v) is 6.82. The standard InChI is InChI=1S/C33H22N4S/c1-3-11-21(12-4-1)31-34-32(22-13-5-2-6-14-22)36-33(35-31)37-26-17-9-7-16-25(26)29-27(37)20-19-24-23-15-8-10-18-28(23)38-30(24)29/h1-5,7-13,15-20H,6,14H2. The molecule has 0 saturated carbocycles. The third kappa shape index (κ3) is 3.25. The molecule has 0 aliphatic heterocycles. The van der Waals surface area contributed by atoms with Crippen LogP contribution in [0.5, 0.6) is 0 Å². The van der Waals surface area contributed by atoms with Gasteiger partial charge < -0.3 is 0 Å². The van der Waals surface area contributed by atoms with E-state index in [1.807, 2.05) is 29.5 Å². The second kappa shape index (κ2) is 8.47. The molecule has 0 bridgehead atoms. The van der Waals surface area contributed by atoms with Crippen LogP contribution >= 0.6 is 11.3 Å². The molecule has 1 aliphatic rings. The number of allylic oxidation sites excluding steroid dienone is 4. The fraction of sp³-hybridized carbons (Fsp3) is 0.0606. The van der Waals surface area contributed by atoms with Gasteiger partial charge >= 0.3 is 0 Å². The summed E-state index contributed by atoms with van der Waals surface area (Å²) in [5.41, 5.74) is 4.33. The Morgan fingerprint density at radius 3 is 2.32 bits per heavy atom. The summed E-state index contributed by atoms with van der Waals surface area (Å²) >= 11 is 1.86. The summed E-state index contributed by atoms with van der Waals surface area (Å²) in [4.78, 5) is 15.1. The number of para-hydroxylation sites is 1. The summed E-state index contributed by atoms with van der Waals surface area (Å²) in [5.74, 6) is 2.08. The molecule has 4 nitrogen and oxygen atoms in total. The van der Waals surface area contributed by atoms with Gasteiger partial charge in [-0.15, -0.1) is 11.3 Å². The zero-order valence-corrected chi connectivity index (χ0v) is 21.3. The van der Waals surface area contributed by atoms with Crippen molar-refractivity contribution in [3.05, 3.63) is 115 Å². The minimum atomic E-state index is 0.649. The molecule has 0 fully saturated rings. The molecule has 4 aromatic carbocycles. The maximum Gasteiger partial charge on any atom is 0.238 e. The lowest BCUT2D eigenvalue weighted by Gasteiger charge is -2.13. The normalized spacial score (nSPS) is 13.6. The van der Waals surface area contributed by atoms with Gasteiger partial charge in [0.05, 0.1) is 11.0 Å². The third-order valence-corrected chi connectivity index (χ3v) is 8.54. The van der Waals surface area contributed by atoms with E-state index in [0.29, 0.717) is 11.8 Å². The summed E-state index contributed by atoms with van der Waals surface area (Å²) in [5, 5.41) is 5.06. The van der Waals surface area contributed by atoms with E-state index in [1.54, 1.807) is 0 Å². The molecule has 1 aliphatic carbocycles. The van der Waals surface area contributed by atoms with Crippen LogP contribution in [0, 0.1) is 0 Å². The van der Waals surface area contributed by atoms with E-state index in [4.69, 9.17) is 15.0 Å². The maximum absolute atomic E-state index is 5.09. The first-order valence-corrected chi connectivity index (χ1v) is 13.7. The highest BCUT2D eigenvalue weighted by molar-refractivity contribution is 7.26. The predicted octanol–water partition coefficient (Wildman–Crippen LogP) is 8.74. The van der Waals surface area contributed by atoms with Crippen molar-refractivity contribution in [1.29, 1.82) is 0 Å². The van der Waals surface area contributed by atoms with Gasteiger partial charge in [0.15, 0.2) is 11.6 Å². The van der Waals surface area contributed by atoms with Crippen molar-refractivity contribution >= 4 is 58.9 Å². The van der Waals surface area contributed by atoms with Crippen LogP contribution in [0.2, 0.25) is 0 Å². The van der Waals surface area contributed by atoms with Gasteiger partial charge in [-0.1, -0.05) is 91.0 Å². The first-order valence-electron chi connectivity index (χ1n) is 12.9. The van der Waals surface area contributed by atoms with E-state index in [2.05, 4.69) is 95.6 Å². The van der Waals surface area contributed by atoms with Crippen LogP contribution in [0.4, 0.5) is 0 Å². The Balaban J connectivity index is 1.47. The van der Waals surface area contributed by atoms with Crippen LogP contribution in [-0.4, -0.2) is 19.5 Å². The van der Waals surface area contributed by atoms with Crippen LogP contribution < -0.4 is 0 Å². The van der Waals surface area contributed by atoms with E-state index in [0.717, 1.165) is 40.8 Å². The monoisotopic (exact) mass is 506 g/mol. The Bertz CT molecular complexity index is 2080. The first-order chi connectivity index (χ1) is 18.8. The Labute approximate surface area is 223 Å². The van der Waals surface area contributed by atoms with Crippen molar-refractivity contribution in [2.24, 2.45) is 0 Å². The van der Waals surface area contributed by atoms with Crippen LogP contribution in [-0.2, 0) is 0 Å². The quantitative estimate of drug-likeness (QED) is 0.241. The van der Waals surface area contributed by atoms with E-state index in [9.17, 15) is 0 Å². The zero-order chi connectivity index (χ0) is 25.1. The van der Waals surface area contributed by atoms with Gasteiger partial charge in [0.2, 0.25) is 5.95 Å². The largest absolute Gasteiger partial charge is 0.278 e. The second-order valence-electron chi connectivity index (χ2n) is 9.59. The number of nitrogens with zero attached hydrogens (tertiary/aromatic N) is 4. The van der Waals surface area contributed by atoms with E-state index >= 15 is 0 Å². The van der Waals surface area contributed by atoms with Crippen LogP contribution in [0.3, 0.4) is 0 Å². The molecule has 0 atom stereocenters. The van der Waals surface area contributed by atoms with Crippen molar-refractivity contribution < 1.29 is 0 Å². The SMILES string of the molecule is C1=CCCC(c2nc(-c3ccccc3)nc(-n3c4ccccc4c4c5sc6ccccc6c5ccc43)n2)=C1. The lowest BCUT2D eigenvalue weighted by Crippen LogP contribution is -2.08. The highest BCUT2D eigenvalue weighted by Gasteiger charge is 2.20. The highest BCUT2D eigenvalue weighted by atomic mass is 32.1. The molecule has 38 heavy (non-hydrogen) atoms. The Hall–Kier alpha value is -4.61. The lowest BCUT2D eigenvalue weighted by atomic mass is 10.0. The van der Waals surface area contributed by atoms with E-state index < -0.39 is 0 Å². The van der Waals surface area contributed by atoms with Crippen molar-refractivity contribution in [2.75, 3.05) is 0 Å². The van der Waals surface area contributed by atoms with Gasteiger partial charge in [0, 0.05) is 36.5 Å². The number of rotatable bonds is 3. The molecule has 3 aromatic heterocycles. The second-order valence-corrected chi connectivity index (χ2v) is 10.6. The molecule has 0 saturated heterocycles. The predicted molar refractivity (Wildman–Crippen MR) is 159 cm³/mol. The average molecular weight is 507 g/mol. The number of fused-ring (bicyclic) bond motifs is 7. The van der Waals surface area contributed by atoms with Gasteiger partial charge in [-0.05, 0) is 36.6 Å². The minimum Gasteiger partial charge on any atom is -0.278 e. The number of thiophene rings is 1. The van der Waals surface area contributed by atoms with Crippen molar-refractivity contribution in [3.63, 3.8) is 0 Å². The average Bonchev–Trinajstić information content (AvgIpc) is 3.53. The van der Waals surface area contributed by atoms with E-state index in [1.165, 1.54) is 30.9 Å². The summed E-state index contributed by atoms with van der Waals surface area (Å²) in [6.45, 7) is 0. The zero-order valence-electron chi connectivity index (χ0n) is 20.5. The molecule has 0 radical (unpaired) electrons. The Morgan fingerprint density at radius 2 is 1.45 bits per heavy atom.